The lowest BCUT2D eigenvalue weighted by Crippen LogP contribution is -1.96. The Morgan fingerprint density at radius 3 is 2.54 bits per heavy atom. The van der Waals surface area contributed by atoms with Gasteiger partial charge in [0.15, 0.2) is 0 Å². The van der Waals surface area contributed by atoms with Crippen LogP contribution in [0, 0.1) is 0 Å². The van der Waals surface area contributed by atoms with Gasteiger partial charge in [-0.2, -0.15) is 0 Å². The zero-order valence-electron chi connectivity index (χ0n) is 7.54. The molecule has 0 unspecified atom stereocenters. The predicted octanol–water partition coefficient (Wildman–Crippen LogP) is 3.09. The van der Waals surface area contributed by atoms with E-state index < -0.39 is 0 Å². The highest BCUT2D eigenvalue weighted by atomic mass is 79.9. The molecule has 0 aliphatic rings. The van der Waals surface area contributed by atoms with Crippen molar-refractivity contribution in [3.8, 4) is 5.75 Å². The van der Waals surface area contributed by atoms with Crippen LogP contribution in [-0.4, -0.2) is 11.4 Å². The van der Waals surface area contributed by atoms with Gasteiger partial charge in [0.25, 0.3) is 0 Å². The molecule has 1 rings (SSSR count). The molecule has 0 spiro atoms. The van der Waals surface area contributed by atoms with Gasteiger partial charge in [0.1, 0.15) is 12.0 Å². The molecule has 0 heterocycles. The zero-order valence-corrected chi connectivity index (χ0v) is 9.13. The largest absolute Gasteiger partial charge is 0.507 e. The number of hydrogen-bond donors (Lipinski definition) is 1. The standard InChI is InChI=1S/C10H11BrO2/c1-6(2)9-7(5-12)3-4-8(13)10(9)11/h3-6,13H,1-2H3. The lowest BCUT2D eigenvalue weighted by Gasteiger charge is -2.12. The number of carbonyl (C=O) groups is 1. The normalized spacial score (nSPS) is 10.5. The number of phenols is 1. The monoisotopic (exact) mass is 242 g/mol. The average Bonchev–Trinajstić information content (AvgIpc) is 2.08. The molecule has 0 bridgehead atoms. The van der Waals surface area contributed by atoms with Crippen molar-refractivity contribution in [1.82, 2.24) is 0 Å². The van der Waals surface area contributed by atoms with Crippen LogP contribution in [0.4, 0.5) is 0 Å². The minimum atomic E-state index is 0.175. The van der Waals surface area contributed by atoms with Crippen LogP contribution in [0.1, 0.15) is 35.7 Å². The molecule has 0 saturated heterocycles. The predicted molar refractivity (Wildman–Crippen MR) is 55.3 cm³/mol. The van der Waals surface area contributed by atoms with E-state index in [0.29, 0.717) is 10.0 Å². The van der Waals surface area contributed by atoms with Crippen molar-refractivity contribution in [1.29, 1.82) is 0 Å². The van der Waals surface area contributed by atoms with Crippen molar-refractivity contribution in [2.75, 3.05) is 0 Å². The fourth-order valence-corrected chi connectivity index (χ4v) is 2.10. The molecule has 70 valence electrons. The number of aromatic hydroxyl groups is 1. The summed E-state index contributed by atoms with van der Waals surface area (Å²) in [4.78, 5) is 10.7. The van der Waals surface area contributed by atoms with E-state index in [0.717, 1.165) is 11.8 Å². The second kappa shape index (κ2) is 3.92. The fraction of sp³-hybridized carbons (Fsp3) is 0.300. The number of rotatable bonds is 2. The van der Waals surface area contributed by atoms with E-state index in [-0.39, 0.29) is 11.7 Å². The average molecular weight is 243 g/mol. The van der Waals surface area contributed by atoms with Gasteiger partial charge in [0.2, 0.25) is 0 Å². The minimum absolute atomic E-state index is 0.175. The third-order valence-corrected chi connectivity index (χ3v) is 2.73. The van der Waals surface area contributed by atoms with Crippen LogP contribution < -0.4 is 0 Å². The molecule has 0 fully saturated rings. The molecular weight excluding hydrogens is 232 g/mol. The molecule has 0 aromatic heterocycles. The van der Waals surface area contributed by atoms with Crippen LogP contribution in [0.15, 0.2) is 16.6 Å². The Balaban J connectivity index is 3.41. The third-order valence-electron chi connectivity index (χ3n) is 1.90. The Morgan fingerprint density at radius 2 is 2.08 bits per heavy atom. The van der Waals surface area contributed by atoms with Gasteiger partial charge in [0, 0.05) is 5.56 Å². The Labute approximate surface area is 85.7 Å². The number of carbonyl (C=O) groups excluding carboxylic acids is 1. The first-order chi connectivity index (χ1) is 6.07. The van der Waals surface area contributed by atoms with Gasteiger partial charge in [-0.3, -0.25) is 4.79 Å². The molecule has 0 radical (unpaired) electrons. The fourth-order valence-electron chi connectivity index (χ4n) is 1.29. The zero-order chi connectivity index (χ0) is 10.0. The maximum Gasteiger partial charge on any atom is 0.150 e. The van der Waals surface area contributed by atoms with Crippen LogP contribution in [-0.2, 0) is 0 Å². The van der Waals surface area contributed by atoms with Crippen LogP contribution >= 0.6 is 15.9 Å². The van der Waals surface area contributed by atoms with Crippen LogP contribution in [0.3, 0.4) is 0 Å². The summed E-state index contributed by atoms with van der Waals surface area (Å²) in [7, 11) is 0. The van der Waals surface area contributed by atoms with Gasteiger partial charge in [-0.05, 0) is 39.5 Å². The third kappa shape index (κ3) is 1.91. The lowest BCUT2D eigenvalue weighted by atomic mass is 9.98. The molecule has 0 saturated carbocycles. The number of aldehydes is 1. The first kappa shape index (κ1) is 10.3. The van der Waals surface area contributed by atoms with E-state index in [4.69, 9.17) is 0 Å². The molecular formula is C10H11BrO2. The van der Waals surface area contributed by atoms with Crippen molar-refractivity contribution in [2.24, 2.45) is 0 Å². The maximum atomic E-state index is 10.7. The summed E-state index contributed by atoms with van der Waals surface area (Å²) >= 11 is 3.26. The minimum Gasteiger partial charge on any atom is -0.507 e. The second-order valence-corrected chi connectivity index (χ2v) is 3.97. The molecule has 3 heteroatoms. The van der Waals surface area contributed by atoms with E-state index in [9.17, 15) is 9.90 Å². The van der Waals surface area contributed by atoms with Crippen molar-refractivity contribution < 1.29 is 9.90 Å². The molecule has 1 aromatic carbocycles. The molecule has 1 aromatic rings. The maximum absolute atomic E-state index is 10.7. The molecule has 13 heavy (non-hydrogen) atoms. The van der Waals surface area contributed by atoms with Gasteiger partial charge in [-0.25, -0.2) is 0 Å². The van der Waals surface area contributed by atoms with Crippen LogP contribution in [0.2, 0.25) is 0 Å². The summed E-state index contributed by atoms with van der Waals surface area (Å²) in [5.74, 6) is 0.385. The Bertz CT molecular complexity index is 332. The molecule has 0 aliphatic heterocycles. The Morgan fingerprint density at radius 1 is 1.46 bits per heavy atom. The second-order valence-electron chi connectivity index (χ2n) is 3.17. The quantitative estimate of drug-likeness (QED) is 0.810. The number of phenolic OH excluding ortho intramolecular Hbond substituents is 1. The van der Waals surface area contributed by atoms with E-state index in [2.05, 4.69) is 15.9 Å². The summed E-state index contributed by atoms with van der Waals surface area (Å²) in [6, 6.07) is 3.14. The number of halogens is 1. The SMILES string of the molecule is CC(C)c1c(C=O)ccc(O)c1Br. The van der Waals surface area contributed by atoms with E-state index in [1.165, 1.54) is 6.07 Å². The summed E-state index contributed by atoms with van der Waals surface area (Å²) < 4.78 is 0.618. The van der Waals surface area contributed by atoms with Gasteiger partial charge in [0.05, 0.1) is 4.47 Å². The van der Waals surface area contributed by atoms with E-state index in [1.807, 2.05) is 13.8 Å². The smallest absolute Gasteiger partial charge is 0.150 e. The highest BCUT2D eigenvalue weighted by Crippen LogP contribution is 2.34. The first-order valence-electron chi connectivity index (χ1n) is 4.04. The number of hydrogen-bond acceptors (Lipinski definition) is 2. The lowest BCUT2D eigenvalue weighted by molar-refractivity contribution is 0.112. The van der Waals surface area contributed by atoms with Crippen molar-refractivity contribution >= 4 is 22.2 Å². The molecule has 1 N–H and O–H groups in total. The summed E-state index contributed by atoms with van der Waals surface area (Å²) in [6.07, 6.45) is 0.805. The topological polar surface area (TPSA) is 37.3 Å². The highest BCUT2D eigenvalue weighted by Gasteiger charge is 2.13. The van der Waals surface area contributed by atoms with E-state index in [1.54, 1.807) is 6.07 Å². The van der Waals surface area contributed by atoms with Crippen molar-refractivity contribution in [3.05, 3.63) is 27.7 Å². The summed E-state index contributed by atoms with van der Waals surface area (Å²) in [5, 5.41) is 9.41. The van der Waals surface area contributed by atoms with Gasteiger partial charge >= 0.3 is 0 Å². The summed E-state index contributed by atoms with van der Waals surface area (Å²) in [6.45, 7) is 3.96. The van der Waals surface area contributed by atoms with Crippen LogP contribution in [0.5, 0.6) is 5.75 Å². The molecule has 0 aliphatic carbocycles. The Kier molecular flexibility index (Phi) is 3.09. The molecule has 2 nitrogen and oxygen atoms in total. The summed E-state index contributed by atoms with van der Waals surface area (Å²) in [5.41, 5.74) is 1.48. The molecule has 0 amide bonds. The van der Waals surface area contributed by atoms with Gasteiger partial charge in [-0.1, -0.05) is 13.8 Å². The van der Waals surface area contributed by atoms with E-state index >= 15 is 0 Å². The number of benzene rings is 1. The van der Waals surface area contributed by atoms with Gasteiger partial charge < -0.3 is 5.11 Å². The Hall–Kier alpha value is -0.830. The van der Waals surface area contributed by atoms with Crippen molar-refractivity contribution in [3.63, 3.8) is 0 Å². The van der Waals surface area contributed by atoms with Gasteiger partial charge in [-0.15, -0.1) is 0 Å². The molecule has 0 atom stereocenters. The first-order valence-corrected chi connectivity index (χ1v) is 4.83. The van der Waals surface area contributed by atoms with Crippen molar-refractivity contribution in [2.45, 2.75) is 19.8 Å². The van der Waals surface area contributed by atoms with Crippen LogP contribution in [0.25, 0.3) is 0 Å². The highest BCUT2D eigenvalue weighted by molar-refractivity contribution is 9.10.